The Bertz CT molecular complexity index is 526. The van der Waals surface area contributed by atoms with Crippen molar-refractivity contribution in [3.8, 4) is 0 Å². The number of benzene rings is 1. The van der Waals surface area contributed by atoms with Crippen molar-refractivity contribution >= 4 is 0 Å². The van der Waals surface area contributed by atoms with E-state index in [1.807, 2.05) is 0 Å². The highest BCUT2D eigenvalue weighted by atomic mass is 19.1. The van der Waals surface area contributed by atoms with E-state index in [1.54, 1.807) is 0 Å². The fourth-order valence-corrected chi connectivity index (χ4v) is 3.82. The lowest BCUT2D eigenvalue weighted by molar-refractivity contribution is -0.0159. The number of β-amino-alcohol motifs (C(OH)–C–C–N with tert-alkyl or cyclic N) is 1. The van der Waals surface area contributed by atoms with Crippen LogP contribution in [0.4, 0.5) is 8.78 Å². The molecule has 24 heavy (non-hydrogen) atoms. The average molecular weight is 339 g/mol. The highest BCUT2D eigenvalue weighted by Gasteiger charge is 2.24. The SMILES string of the molecule is OC(CN1CCC(OCC2CCCC2)CC1)c1cc(F)ccc1F. The van der Waals surface area contributed by atoms with Crippen LogP contribution in [-0.4, -0.2) is 42.4 Å². The summed E-state index contributed by atoms with van der Waals surface area (Å²) in [6.45, 7) is 2.85. The minimum atomic E-state index is -1.00. The van der Waals surface area contributed by atoms with E-state index < -0.39 is 17.7 Å². The van der Waals surface area contributed by atoms with Crippen LogP contribution in [0.25, 0.3) is 0 Å². The van der Waals surface area contributed by atoms with Crippen LogP contribution in [-0.2, 0) is 4.74 Å². The van der Waals surface area contributed by atoms with Gasteiger partial charge in [-0.15, -0.1) is 0 Å². The number of rotatable bonds is 6. The quantitative estimate of drug-likeness (QED) is 0.858. The summed E-state index contributed by atoms with van der Waals surface area (Å²) in [5.74, 6) is -0.344. The zero-order chi connectivity index (χ0) is 16.9. The van der Waals surface area contributed by atoms with Crippen molar-refractivity contribution in [2.45, 2.75) is 50.7 Å². The third kappa shape index (κ3) is 4.74. The number of nitrogens with zero attached hydrogens (tertiary/aromatic N) is 1. The number of hydrogen-bond acceptors (Lipinski definition) is 3. The van der Waals surface area contributed by atoms with E-state index in [0.717, 1.165) is 56.7 Å². The summed E-state index contributed by atoms with van der Waals surface area (Å²) in [5, 5.41) is 10.2. The molecule has 0 spiro atoms. The van der Waals surface area contributed by atoms with Crippen LogP contribution in [0.1, 0.15) is 50.2 Å². The molecule has 1 saturated carbocycles. The van der Waals surface area contributed by atoms with Gasteiger partial charge >= 0.3 is 0 Å². The van der Waals surface area contributed by atoms with E-state index in [-0.39, 0.29) is 5.56 Å². The molecular weight excluding hydrogens is 312 g/mol. The topological polar surface area (TPSA) is 32.7 Å². The van der Waals surface area contributed by atoms with Crippen LogP contribution in [0.15, 0.2) is 18.2 Å². The molecule has 1 N–H and O–H groups in total. The Balaban J connectivity index is 1.42. The van der Waals surface area contributed by atoms with Gasteiger partial charge in [0.05, 0.1) is 12.2 Å². The van der Waals surface area contributed by atoms with Gasteiger partial charge in [-0.3, -0.25) is 0 Å². The zero-order valence-electron chi connectivity index (χ0n) is 14.1. The van der Waals surface area contributed by atoms with E-state index in [1.165, 1.54) is 25.7 Å². The molecule has 134 valence electrons. The van der Waals surface area contributed by atoms with Gasteiger partial charge in [0, 0.05) is 31.8 Å². The molecule has 2 aliphatic rings. The maximum Gasteiger partial charge on any atom is 0.129 e. The van der Waals surface area contributed by atoms with Crippen LogP contribution in [0.2, 0.25) is 0 Å². The smallest absolute Gasteiger partial charge is 0.129 e. The molecule has 3 rings (SSSR count). The van der Waals surface area contributed by atoms with Gasteiger partial charge in [-0.25, -0.2) is 8.78 Å². The second-order valence-electron chi connectivity index (χ2n) is 7.17. The highest BCUT2D eigenvalue weighted by molar-refractivity contribution is 5.21. The van der Waals surface area contributed by atoms with Gasteiger partial charge < -0.3 is 14.7 Å². The van der Waals surface area contributed by atoms with Crippen molar-refractivity contribution in [3.05, 3.63) is 35.4 Å². The Morgan fingerprint density at radius 3 is 2.54 bits per heavy atom. The number of aliphatic hydroxyl groups is 1. The molecule has 5 heteroatoms. The van der Waals surface area contributed by atoms with Crippen LogP contribution in [0, 0.1) is 17.6 Å². The Hall–Kier alpha value is -1.04. The minimum Gasteiger partial charge on any atom is -0.387 e. The van der Waals surface area contributed by atoms with Gasteiger partial charge in [0.2, 0.25) is 0 Å². The summed E-state index contributed by atoms with van der Waals surface area (Å²) in [6.07, 6.45) is 6.42. The Kier molecular flexibility index (Phi) is 6.19. The van der Waals surface area contributed by atoms with Crippen molar-refractivity contribution < 1.29 is 18.6 Å². The molecule has 1 aliphatic heterocycles. The molecule has 1 aromatic rings. The first kappa shape index (κ1) is 17.8. The van der Waals surface area contributed by atoms with Crippen molar-refractivity contribution in [1.29, 1.82) is 0 Å². The van der Waals surface area contributed by atoms with Crippen LogP contribution >= 0.6 is 0 Å². The molecule has 0 amide bonds. The van der Waals surface area contributed by atoms with E-state index in [9.17, 15) is 13.9 Å². The Morgan fingerprint density at radius 2 is 1.83 bits per heavy atom. The Labute approximate surface area is 142 Å². The number of halogens is 2. The lowest BCUT2D eigenvalue weighted by atomic mass is 10.0. The number of piperidine rings is 1. The molecule has 3 nitrogen and oxygen atoms in total. The minimum absolute atomic E-state index is 0.0367. The van der Waals surface area contributed by atoms with Crippen molar-refractivity contribution in [2.24, 2.45) is 5.92 Å². The van der Waals surface area contributed by atoms with E-state index in [4.69, 9.17) is 4.74 Å². The van der Waals surface area contributed by atoms with Crippen LogP contribution in [0.3, 0.4) is 0 Å². The standard InChI is InChI=1S/C19H27F2NO2/c20-15-5-6-18(21)17(11-15)19(23)12-22-9-7-16(8-10-22)24-13-14-3-1-2-4-14/h5-6,11,14,16,19,23H,1-4,7-10,12-13H2. The monoisotopic (exact) mass is 339 g/mol. The number of hydrogen-bond donors (Lipinski definition) is 1. The summed E-state index contributed by atoms with van der Waals surface area (Å²) in [4.78, 5) is 2.10. The summed E-state index contributed by atoms with van der Waals surface area (Å²) in [7, 11) is 0. The molecule has 1 unspecified atom stereocenters. The second-order valence-corrected chi connectivity index (χ2v) is 7.17. The zero-order valence-corrected chi connectivity index (χ0v) is 14.1. The average Bonchev–Trinajstić information content (AvgIpc) is 3.10. The maximum atomic E-state index is 13.7. The molecule has 1 atom stereocenters. The fraction of sp³-hybridized carbons (Fsp3) is 0.684. The molecule has 1 heterocycles. The molecule has 2 fully saturated rings. The van der Waals surface area contributed by atoms with Crippen molar-refractivity contribution in [1.82, 2.24) is 4.90 Å². The molecule has 0 aromatic heterocycles. The summed E-state index contributed by atoms with van der Waals surface area (Å²) >= 11 is 0. The first-order valence-corrected chi connectivity index (χ1v) is 9.09. The van der Waals surface area contributed by atoms with E-state index >= 15 is 0 Å². The summed E-state index contributed by atoms with van der Waals surface area (Å²) < 4.78 is 33.0. The van der Waals surface area contributed by atoms with Crippen LogP contribution in [0.5, 0.6) is 0 Å². The van der Waals surface area contributed by atoms with Crippen molar-refractivity contribution in [2.75, 3.05) is 26.2 Å². The normalized spacial score (nSPS) is 22.1. The van der Waals surface area contributed by atoms with Gasteiger partial charge in [-0.1, -0.05) is 12.8 Å². The predicted octanol–water partition coefficient (Wildman–Crippen LogP) is 3.67. The van der Waals surface area contributed by atoms with Gasteiger partial charge in [0.15, 0.2) is 0 Å². The second kappa shape index (κ2) is 8.37. The van der Waals surface area contributed by atoms with E-state index in [2.05, 4.69) is 4.90 Å². The number of likely N-dealkylation sites (tertiary alicyclic amines) is 1. The summed E-state index contributed by atoms with van der Waals surface area (Å²) in [6, 6.07) is 3.22. The van der Waals surface area contributed by atoms with Gasteiger partial charge in [-0.2, -0.15) is 0 Å². The first-order chi connectivity index (χ1) is 11.6. The van der Waals surface area contributed by atoms with Crippen LogP contribution < -0.4 is 0 Å². The van der Waals surface area contributed by atoms with Gasteiger partial charge in [-0.05, 0) is 49.8 Å². The first-order valence-electron chi connectivity index (χ1n) is 9.09. The summed E-state index contributed by atoms with van der Waals surface area (Å²) in [5.41, 5.74) is 0.0367. The fourth-order valence-electron chi connectivity index (χ4n) is 3.82. The molecule has 1 aliphatic carbocycles. The van der Waals surface area contributed by atoms with E-state index in [0.29, 0.717) is 12.6 Å². The number of aliphatic hydroxyl groups excluding tert-OH is 1. The molecule has 1 saturated heterocycles. The molecule has 0 radical (unpaired) electrons. The van der Waals surface area contributed by atoms with Gasteiger partial charge in [0.1, 0.15) is 11.6 Å². The maximum absolute atomic E-state index is 13.7. The third-order valence-corrected chi connectivity index (χ3v) is 5.33. The molecule has 0 bridgehead atoms. The molecule has 1 aromatic carbocycles. The highest BCUT2D eigenvalue weighted by Crippen LogP contribution is 2.26. The number of ether oxygens (including phenoxy) is 1. The van der Waals surface area contributed by atoms with Crippen molar-refractivity contribution in [3.63, 3.8) is 0 Å². The lowest BCUT2D eigenvalue weighted by Crippen LogP contribution is -2.39. The predicted molar refractivity (Wildman–Crippen MR) is 88.7 cm³/mol. The lowest BCUT2D eigenvalue weighted by Gasteiger charge is -2.33. The largest absolute Gasteiger partial charge is 0.387 e. The molecular formula is C19H27F2NO2. The third-order valence-electron chi connectivity index (χ3n) is 5.33. The Morgan fingerprint density at radius 1 is 1.12 bits per heavy atom. The van der Waals surface area contributed by atoms with Gasteiger partial charge in [0.25, 0.3) is 0 Å².